The minimum absolute atomic E-state index is 0.0608. The maximum atomic E-state index is 12.9. The lowest BCUT2D eigenvalue weighted by atomic mass is 10.0. The van der Waals surface area contributed by atoms with Gasteiger partial charge in [-0.05, 0) is 52.2 Å². The van der Waals surface area contributed by atoms with Gasteiger partial charge in [0.2, 0.25) is 6.10 Å². The molecule has 7 nitrogen and oxygen atoms in total. The van der Waals surface area contributed by atoms with Crippen LogP contribution >= 0.6 is 0 Å². The Morgan fingerprint density at radius 2 is 1.93 bits per heavy atom. The van der Waals surface area contributed by atoms with E-state index in [4.69, 9.17) is 14.2 Å². The van der Waals surface area contributed by atoms with Gasteiger partial charge < -0.3 is 24.0 Å². The Kier molecular flexibility index (Phi) is 6.01. The van der Waals surface area contributed by atoms with Crippen molar-refractivity contribution in [2.75, 3.05) is 26.7 Å². The third kappa shape index (κ3) is 4.88. The first-order valence-electron chi connectivity index (χ1n) is 9.87. The summed E-state index contributed by atoms with van der Waals surface area (Å²) in [6.45, 7) is 6.85. The summed E-state index contributed by atoms with van der Waals surface area (Å²) in [5.41, 5.74) is -0.540. The molecule has 154 valence electrons. The topological polar surface area (TPSA) is 68.3 Å². The highest BCUT2D eigenvalue weighted by molar-refractivity contribution is 5.81. The van der Waals surface area contributed by atoms with E-state index in [0.29, 0.717) is 24.6 Å². The van der Waals surface area contributed by atoms with Crippen LogP contribution in [0.25, 0.3) is 0 Å². The predicted octanol–water partition coefficient (Wildman–Crippen LogP) is 3.07. The Morgan fingerprint density at radius 3 is 2.64 bits per heavy atom. The molecule has 1 fully saturated rings. The fraction of sp³-hybridized carbons (Fsp3) is 0.619. The quantitative estimate of drug-likeness (QED) is 0.793. The first-order valence-corrected chi connectivity index (χ1v) is 9.87. The number of rotatable bonds is 3. The van der Waals surface area contributed by atoms with E-state index in [1.54, 1.807) is 22.9 Å². The van der Waals surface area contributed by atoms with Crippen molar-refractivity contribution in [2.45, 2.75) is 57.8 Å². The molecule has 0 aliphatic carbocycles. The number of benzene rings is 1. The zero-order valence-electron chi connectivity index (χ0n) is 17.1. The first-order chi connectivity index (χ1) is 13.2. The van der Waals surface area contributed by atoms with Gasteiger partial charge in [-0.15, -0.1) is 0 Å². The van der Waals surface area contributed by atoms with E-state index in [-0.39, 0.29) is 24.6 Å². The fourth-order valence-electron chi connectivity index (χ4n) is 3.54. The van der Waals surface area contributed by atoms with Crippen molar-refractivity contribution in [2.24, 2.45) is 0 Å². The molecule has 0 unspecified atom stereocenters. The van der Waals surface area contributed by atoms with Crippen LogP contribution < -0.4 is 9.47 Å². The molecule has 0 radical (unpaired) electrons. The number of nitrogens with zero attached hydrogens (tertiary/aromatic N) is 2. The van der Waals surface area contributed by atoms with Gasteiger partial charge in [0, 0.05) is 20.1 Å². The highest BCUT2D eigenvalue weighted by Crippen LogP contribution is 2.31. The molecule has 28 heavy (non-hydrogen) atoms. The van der Waals surface area contributed by atoms with Gasteiger partial charge in [0.15, 0.2) is 11.5 Å². The van der Waals surface area contributed by atoms with Gasteiger partial charge in [-0.2, -0.15) is 0 Å². The molecule has 0 bridgehead atoms. The van der Waals surface area contributed by atoms with Gasteiger partial charge in [-0.3, -0.25) is 4.79 Å². The van der Waals surface area contributed by atoms with Crippen molar-refractivity contribution in [3.05, 3.63) is 24.3 Å². The summed E-state index contributed by atoms with van der Waals surface area (Å²) < 4.78 is 17.0. The lowest BCUT2D eigenvalue weighted by molar-refractivity contribution is -0.140. The first kappa shape index (κ1) is 20.3. The Balaban J connectivity index is 1.61. The molecule has 1 aromatic rings. The SMILES string of the molecule is CN(C[C@@H]1CCCCN1C(=O)OC(C)(C)C)C(=O)[C@H]1COc2ccccc2O1. The van der Waals surface area contributed by atoms with Crippen molar-refractivity contribution in [1.29, 1.82) is 0 Å². The summed E-state index contributed by atoms with van der Waals surface area (Å²) in [5.74, 6) is 1.08. The number of carbonyl (C=O) groups is 2. The smallest absolute Gasteiger partial charge is 0.410 e. The summed E-state index contributed by atoms with van der Waals surface area (Å²) in [5, 5.41) is 0. The lowest BCUT2D eigenvalue weighted by Gasteiger charge is -2.39. The van der Waals surface area contributed by atoms with Crippen LogP contribution in [-0.2, 0) is 9.53 Å². The molecular weight excluding hydrogens is 360 g/mol. The Morgan fingerprint density at radius 1 is 1.21 bits per heavy atom. The van der Waals surface area contributed by atoms with Gasteiger partial charge in [0.25, 0.3) is 5.91 Å². The Labute approximate surface area is 166 Å². The zero-order chi connectivity index (χ0) is 20.3. The van der Waals surface area contributed by atoms with Crippen LogP contribution in [0.3, 0.4) is 0 Å². The van der Waals surface area contributed by atoms with E-state index in [0.717, 1.165) is 19.3 Å². The Bertz CT molecular complexity index is 715. The number of fused-ring (bicyclic) bond motifs is 1. The zero-order valence-corrected chi connectivity index (χ0v) is 17.1. The van der Waals surface area contributed by atoms with Gasteiger partial charge in [0.05, 0.1) is 6.04 Å². The largest absolute Gasteiger partial charge is 0.485 e. The number of likely N-dealkylation sites (N-methyl/N-ethyl adjacent to an activating group) is 1. The number of ether oxygens (including phenoxy) is 3. The maximum Gasteiger partial charge on any atom is 0.410 e. The molecule has 7 heteroatoms. The van der Waals surface area contributed by atoms with Crippen LogP contribution in [0.5, 0.6) is 11.5 Å². The maximum absolute atomic E-state index is 12.9. The average molecular weight is 390 g/mol. The van der Waals surface area contributed by atoms with E-state index in [9.17, 15) is 9.59 Å². The van der Waals surface area contributed by atoms with Crippen LogP contribution in [0.15, 0.2) is 24.3 Å². The van der Waals surface area contributed by atoms with E-state index in [2.05, 4.69) is 0 Å². The van der Waals surface area contributed by atoms with E-state index < -0.39 is 11.7 Å². The molecule has 0 spiro atoms. The monoisotopic (exact) mass is 390 g/mol. The molecule has 0 aromatic heterocycles. The van der Waals surface area contributed by atoms with Crippen molar-refractivity contribution < 1.29 is 23.8 Å². The van der Waals surface area contributed by atoms with Crippen LogP contribution in [0.1, 0.15) is 40.0 Å². The van der Waals surface area contributed by atoms with Crippen LogP contribution in [0, 0.1) is 0 Å². The van der Waals surface area contributed by atoms with Gasteiger partial charge in [0.1, 0.15) is 12.2 Å². The molecule has 3 rings (SSSR count). The van der Waals surface area contributed by atoms with Crippen molar-refractivity contribution in [1.82, 2.24) is 9.80 Å². The number of piperidine rings is 1. The number of likely N-dealkylation sites (tertiary alicyclic amines) is 1. The van der Waals surface area contributed by atoms with Crippen molar-refractivity contribution >= 4 is 12.0 Å². The molecule has 2 aliphatic heterocycles. The summed E-state index contributed by atoms with van der Waals surface area (Å²) in [7, 11) is 1.74. The minimum Gasteiger partial charge on any atom is -0.485 e. The second kappa shape index (κ2) is 8.29. The molecule has 2 atom stereocenters. The summed E-state index contributed by atoms with van der Waals surface area (Å²) in [4.78, 5) is 28.8. The van der Waals surface area contributed by atoms with Crippen LogP contribution in [0.2, 0.25) is 0 Å². The minimum atomic E-state index is -0.682. The predicted molar refractivity (Wildman–Crippen MR) is 105 cm³/mol. The third-order valence-corrected chi connectivity index (χ3v) is 4.90. The highest BCUT2D eigenvalue weighted by Gasteiger charge is 2.34. The molecule has 0 saturated carbocycles. The van der Waals surface area contributed by atoms with Crippen LogP contribution in [-0.4, -0.2) is 66.3 Å². The third-order valence-electron chi connectivity index (χ3n) is 4.90. The normalized spacial score (nSPS) is 21.8. The number of hydrogen-bond acceptors (Lipinski definition) is 5. The average Bonchev–Trinajstić information content (AvgIpc) is 2.66. The standard InChI is InChI=1S/C21H30N2O5/c1-21(2,3)28-20(25)23-12-8-7-9-15(23)13-22(4)19(24)18-14-26-16-10-5-6-11-17(16)27-18/h5-6,10-11,15,18H,7-9,12-14H2,1-4H3/t15-,18+/m0/s1. The van der Waals surface area contributed by atoms with Gasteiger partial charge in [-0.1, -0.05) is 12.1 Å². The van der Waals surface area contributed by atoms with Gasteiger partial charge in [-0.25, -0.2) is 4.79 Å². The van der Waals surface area contributed by atoms with E-state index in [1.165, 1.54) is 0 Å². The molecule has 2 aliphatic rings. The molecule has 1 saturated heterocycles. The van der Waals surface area contributed by atoms with E-state index in [1.807, 2.05) is 39.0 Å². The number of para-hydroxylation sites is 2. The molecule has 0 N–H and O–H groups in total. The summed E-state index contributed by atoms with van der Waals surface area (Å²) in [6, 6.07) is 7.26. The number of carbonyl (C=O) groups excluding carboxylic acids is 2. The summed E-state index contributed by atoms with van der Waals surface area (Å²) in [6.07, 6.45) is 1.83. The molecule has 2 amide bonds. The lowest BCUT2D eigenvalue weighted by Crippen LogP contribution is -2.53. The molecular formula is C21H30N2O5. The number of amides is 2. The Hall–Kier alpha value is -2.44. The molecule has 2 heterocycles. The highest BCUT2D eigenvalue weighted by atomic mass is 16.6. The second-order valence-electron chi connectivity index (χ2n) is 8.41. The number of hydrogen-bond donors (Lipinski definition) is 0. The molecule has 1 aromatic carbocycles. The second-order valence-corrected chi connectivity index (χ2v) is 8.41. The summed E-state index contributed by atoms with van der Waals surface area (Å²) >= 11 is 0. The van der Waals surface area contributed by atoms with Crippen molar-refractivity contribution in [3.63, 3.8) is 0 Å². The van der Waals surface area contributed by atoms with Crippen LogP contribution in [0.4, 0.5) is 4.79 Å². The fourth-order valence-corrected chi connectivity index (χ4v) is 3.54. The van der Waals surface area contributed by atoms with Gasteiger partial charge >= 0.3 is 6.09 Å². The van der Waals surface area contributed by atoms with E-state index >= 15 is 0 Å². The van der Waals surface area contributed by atoms with Crippen molar-refractivity contribution in [3.8, 4) is 11.5 Å².